The highest BCUT2D eigenvalue weighted by atomic mass is 35.5. The number of hydrogen-bond acceptors (Lipinski definition) is 4. The van der Waals surface area contributed by atoms with E-state index < -0.39 is 5.82 Å². The molecule has 3 aromatic carbocycles. The molecule has 2 heterocycles. The number of methoxy groups -OCH3 is 1. The molecule has 7 heteroatoms. The summed E-state index contributed by atoms with van der Waals surface area (Å²) in [4.78, 5) is 9.45. The number of halogens is 2. The highest BCUT2D eigenvalue weighted by Crippen LogP contribution is 2.24. The lowest BCUT2D eigenvalue weighted by Gasteiger charge is -2.10. The van der Waals surface area contributed by atoms with Gasteiger partial charge in [0.25, 0.3) is 0 Å². The van der Waals surface area contributed by atoms with Crippen LogP contribution in [-0.2, 0) is 24.3 Å². The number of benzene rings is 3. The van der Waals surface area contributed by atoms with Crippen LogP contribution in [0.5, 0.6) is 5.88 Å². The van der Waals surface area contributed by atoms with Gasteiger partial charge in [0.05, 0.1) is 23.3 Å². The normalized spacial score (nSPS) is 11.2. The third-order valence-electron chi connectivity index (χ3n) is 5.98. The minimum absolute atomic E-state index is 0.0719. The van der Waals surface area contributed by atoms with Gasteiger partial charge in [-0.2, -0.15) is 0 Å². The zero-order valence-corrected chi connectivity index (χ0v) is 20.6. The molecular formula is C29H25ClFN3O2. The Balaban J connectivity index is 1.31. The summed E-state index contributed by atoms with van der Waals surface area (Å²) >= 11 is 5.82. The Hall–Kier alpha value is -3.74. The van der Waals surface area contributed by atoms with Gasteiger partial charge in [0.1, 0.15) is 18.2 Å². The number of rotatable bonds is 9. The first-order valence-corrected chi connectivity index (χ1v) is 12.0. The van der Waals surface area contributed by atoms with E-state index in [4.69, 9.17) is 26.1 Å². The van der Waals surface area contributed by atoms with E-state index in [0.29, 0.717) is 29.5 Å². The third kappa shape index (κ3) is 5.40. The van der Waals surface area contributed by atoms with E-state index in [2.05, 4.69) is 27.8 Å². The molecule has 0 spiro atoms. The Morgan fingerprint density at radius 2 is 1.75 bits per heavy atom. The fraction of sp³-hybridized carbons (Fsp3) is 0.172. The molecule has 0 saturated heterocycles. The summed E-state index contributed by atoms with van der Waals surface area (Å²) in [6.45, 7) is 1.45. The number of aromatic nitrogens is 3. The highest BCUT2D eigenvalue weighted by Gasteiger charge is 2.12. The van der Waals surface area contributed by atoms with E-state index in [9.17, 15) is 4.39 Å². The van der Waals surface area contributed by atoms with Crippen molar-refractivity contribution in [2.75, 3.05) is 13.7 Å². The average Bonchev–Trinajstić information content (AvgIpc) is 3.24. The van der Waals surface area contributed by atoms with Crippen molar-refractivity contribution in [3.8, 4) is 17.1 Å². The van der Waals surface area contributed by atoms with E-state index >= 15 is 0 Å². The van der Waals surface area contributed by atoms with Crippen LogP contribution in [-0.4, -0.2) is 28.3 Å². The maximum Gasteiger partial charge on any atom is 0.214 e. The third-order valence-corrected chi connectivity index (χ3v) is 6.21. The molecule has 0 bridgehead atoms. The lowest BCUT2D eigenvalue weighted by atomic mass is 10.1. The van der Waals surface area contributed by atoms with Crippen LogP contribution in [0, 0.1) is 5.82 Å². The van der Waals surface area contributed by atoms with E-state index in [-0.39, 0.29) is 6.61 Å². The van der Waals surface area contributed by atoms with Crippen molar-refractivity contribution in [2.45, 2.75) is 19.6 Å². The van der Waals surface area contributed by atoms with Crippen LogP contribution in [0.15, 0.2) is 84.9 Å². The first-order valence-electron chi connectivity index (χ1n) is 11.7. The van der Waals surface area contributed by atoms with E-state index in [0.717, 1.165) is 40.2 Å². The number of hydrogen-bond donors (Lipinski definition) is 0. The lowest BCUT2D eigenvalue weighted by molar-refractivity contribution is 0.187. The first-order chi connectivity index (χ1) is 17.6. The summed E-state index contributed by atoms with van der Waals surface area (Å²) in [7, 11) is 1.71. The fourth-order valence-corrected chi connectivity index (χ4v) is 4.27. The summed E-state index contributed by atoms with van der Waals surface area (Å²) in [5.41, 5.74) is 5.42. The molecule has 36 heavy (non-hydrogen) atoms. The summed E-state index contributed by atoms with van der Waals surface area (Å²) in [6.07, 6.45) is 0.710. The van der Waals surface area contributed by atoms with E-state index in [1.54, 1.807) is 25.3 Å². The van der Waals surface area contributed by atoms with Crippen molar-refractivity contribution in [3.05, 3.63) is 113 Å². The van der Waals surface area contributed by atoms with Crippen LogP contribution >= 0.6 is 11.6 Å². The molecule has 0 fully saturated rings. The quantitative estimate of drug-likeness (QED) is 0.225. The van der Waals surface area contributed by atoms with Crippen LogP contribution in [0.2, 0.25) is 5.02 Å². The van der Waals surface area contributed by atoms with Gasteiger partial charge in [0.15, 0.2) is 0 Å². The largest absolute Gasteiger partial charge is 0.473 e. The van der Waals surface area contributed by atoms with Crippen LogP contribution in [0.1, 0.15) is 17.0 Å². The van der Waals surface area contributed by atoms with Gasteiger partial charge in [-0.1, -0.05) is 60.1 Å². The molecule has 0 aliphatic rings. The van der Waals surface area contributed by atoms with Gasteiger partial charge in [-0.25, -0.2) is 14.4 Å². The van der Waals surface area contributed by atoms with Crippen LogP contribution in [0.3, 0.4) is 0 Å². The monoisotopic (exact) mass is 501 g/mol. The Labute approximate surface area is 214 Å². The molecule has 0 atom stereocenters. The highest BCUT2D eigenvalue weighted by molar-refractivity contribution is 6.30. The molecule has 0 aliphatic carbocycles. The molecule has 5 rings (SSSR count). The maximum absolute atomic E-state index is 14.0. The molecule has 0 amide bonds. The summed E-state index contributed by atoms with van der Waals surface area (Å²) in [5.74, 6) is 1.03. The summed E-state index contributed by atoms with van der Waals surface area (Å²) < 4.78 is 27.3. The molecule has 0 aliphatic heterocycles. The second-order valence-electron chi connectivity index (χ2n) is 8.42. The number of nitrogens with zero attached hydrogens (tertiary/aromatic N) is 3. The fourth-order valence-electron chi connectivity index (χ4n) is 4.11. The molecule has 5 nitrogen and oxygen atoms in total. The second kappa shape index (κ2) is 10.9. The second-order valence-corrected chi connectivity index (χ2v) is 8.86. The van der Waals surface area contributed by atoms with Gasteiger partial charge < -0.3 is 14.0 Å². The number of ether oxygens (including phenoxy) is 2. The van der Waals surface area contributed by atoms with Crippen molar-refractivity contribution in [1.29, 1.82) is 0 Å². The molecule has 0 unspecified atom stereocenters. The zero-order valence-electron chi connectivity index (χ0n) is 19.8. The summed E-state index contributed by atoms with van der Waals surface area (Å²) in [6, 6.07) is 26.5. The zero-order chi connectivity index (χ0) is 24.9. The minimum atomic E-state index is -0.398. The average molecular weight is 502 g/mol. The number of imidazole rings is 1. The van der Waals surface area contributed by atoms with Crippen molar-refractivity contribution < 1.29 is 13.9 Å². The molecular weight excluding hydrogens is 477 g/mol. The Kier molecular flexibility index (Phi) is 7.26. The van der Waals surface area contributed by atoms with Crippen molar-refractivity contribution in [1.82, 2.24) is 14.5 Å². The lowest BCUT2D eigenvalue weighted by Crippen LogP contribution is -2.08. The molecule has 5 aromatic rings. The molecule has 2 aromatic heterocycles. The van der Waals surface area contributed by atoms with Crippen LogP contribution < -0.4 is 4.74 Å². The molecule has 0 N–H and O–H groups in total. The van der Waals surface area contributed by atoms with Gasteiger partial charge in [-0.15, -0.1) is 0 Å². The predicted octanol–water partition coefficient (Wildman–Crippen LogP) is 6.71. The molecule has 0 radical (unpaired) electrons. The van der Waals surface area contributed by atoms with E-state index in [1.807, 2.05) is 42.5 Å². The van der Waals surface area contributed by atoms with Gasteiger partial charge in [0.2, 0.25) is 5.88 Å². The first kappa shape index (κ1) is 24.0. The standard InChI is InChI=1S/C29H25ClFN3O2/c1-35-16-15-34-27-7-3-2-5-26(27)32-28(34)17-20-9-11-21(12-10-20)25-6-4-8-29(33-25)36-19-22-13-14-23(30)18-24(22)31/h2-14,18H,15-17,19H2,1H3. The number of para-hydroxylation sites is 2. The molecule has 182 valence electrons. The van der Waals surface area contributed by atoms with Crippen LogP contribution in [0.25, 0.3) is 22.3 Å². The van der Waals surface area contributed by atoms with Crippen molar-refractivity contribution in [3.63, 3.8) is 0 Å². The summed E-state index contributed by atoms with van der Waals surface area (Å²) in [5, 5.41) is 0.354. The number of fused-ring (bicyclic) bond motifs is 1. The number of pyridine rings is 1. The smallest absolute Gasteiger partial charge is 0.214 e. The molecule has 0 saturated carbocycles. The van der Waals surface area contributed by atoms with Gasteiger partial charge >= 0.3 is 0 Å². The van der Waals surface area contributed by atoms with Crippen molar-refractivity contribution >= 4 is 22.6 Å². The SMILES string of the molecule is COCCn1c(Cc2ccc(-c3cccc(OCc4ccc(Cl)cc4F)n3)cc2)nc2ccccc21. The van der Waals surface area contributed by atoms with E-state index in [1.165, 1.54) is 6.07 Å². The topological polar surface area (TPSA) is 49.2 Å². The minimum Gasteiger partial charge on any atom is -0.473 e. The van der Waals surface area contributed by atoms with Gasteiger partial charge in [-0.3, -0.25) is 0 Å². The predicted molar refractivity (Wildman–Crippen MR) is 140 cm³/mol. The Morgan fingerprint density at radius 3 is 2.56 bits per heavy atom. The Bertz CT molecular complexity index is 1480. The van der Waals surface area contributed by atoms with Crippen LogP contribution in [0.4, 0.5) is 4.39 Å². The van der Waals surface area contributed by atoms with Crippen molar-refractivity contribution in [2.24, 2.45) is 0 Å². The van der Waals surface area contributed by atoms with Gasteiger partial charge in [-0.05, 0) is 35.9 Å². The maximum atomic E-state index is 14.0. The Morgan fingerprint density at radius 1 is 0.917 bits per heavy atom. The van der Waals surface area contributed by atoms with Gasteiger partial charge in [0, 0.05) is 42.3 Å².